The number of carbonyl (C=O) groups excluding carboxylic acids is 3. The molecule has 0 N–H and O–H groups in total. The molecule has 24 heavy (non-hydrogen) atoms. The van der Waals surface area contributed by atoms with E-state index in [1.165, 1.54) is 4.90 Å². The predicted molar refractivity (Wildman–Crippen MR) is 89.1 cm³/mol. The molecule has 0 aromatic heterocycles. The van der Waals surface area contributed by atoms with Gasteiger partial charge in [-0.25, -0.2) is 4.79 Å². The molecule has 0 saturated carbocycles. The molecule has 2 rings (SSSR count). The number of esters is 1. The molecule has 1 aliphatic heterocycles. The van der Waals surface area contributed by atoms with Crippen LogP contribution in [0.5, 0.6) is 0 Å². The molecule has 1 aromatic rings. The molecule has 1 fully saturated rings. The lowest BCUT2D eigenvalue weighted by Crippen LogP contribution is -2.58. The maximum atomic E-state index is 12.5. The summed E-state index contributed by atoms with van der Waals surface area (Å²) in [6.45, 7) is 7.31. The molecule has 0 aliphatic carbocycles. The smallest absolute Gasteiger partial charge is 0.328 e. The van der Waals surface area contributed by atoms with Crippen LogP contribution in [0.25, 0.3) is 0 Å². The Kier molecular flexibility index (Phi) is 5.59. The van der Waals surface area contributed by atoms with Crippen LogP contribution in [0.2, 0.25) is 0 Å². The lowest BCUT2D eigenvalue weighted by Gasteiger charge is -2.39. The number of benzene rings is 1. The number of rotatable bonds is 5. The Labute approximate surface area is 142 Å². The fraction of sp³-hybridized carbons (Fsp3) is 0.500. The quantitative estimate of drug-likeness (QED) is 0.770. The van der Waals surface area contributed by atoms with Crippen LogP contribution in [0.15, 0.2) is 24.3 Å². The first-order chi connectivity index (χ1) is 11.3. The van der Waals surface area contributed by atoms with Gasteiger partial charge in [-0.1, -0.05) is 29.8 Å². The van der Waals surface area contributed by atoms with Crippen molar-refractivity contribution in [3.63, 3.8) is 0 Å². The SMILES string of the molecule is CCOC(=O)[C@H](C)N1CC(=O)N([C@@H](C)c2ccc(C)cc2)CC1=O. The lowest BCUT2D eigenvalue weighted by molar-refractivity contribution is -0.162. The van der Waals surface area contributed by atoms with Crippen LogP contribution < -0.4 is 0 Å². The minimum Gasteiger partial charge on any atom is -0.464 e. The Morgan fingerprint density at radius 2 is 1.62 bits per heavy atom. The van der Waals surface area contributed by atoms with E-state index in [0.717, 1.165) is 11.1 Å². The Balaban J connectivity index is 2.10. The van der Waals surface area contributed by atoms with E-state index in [4.69, 9.17) is 4.74 Å². The molecular weight excluding hydrogens is 308 g/mol. The highest BCUT2D eigenvalue weighted by molar-refractivity contribution is 5.95. The standard InChI is InChI=1S/C18H24N2O4/c1-5-24-18(23)14(4)20-11-16(21)19(10-17(20)22)13(3)15-8-6-12(2)7-9-15/h6-9,13-14H,5,10-11H2,1-4H3/t13-,14-/m0/s1. The van der Waals surface area contributed by atoms with Crippen LogP contribution in [0.4, 0.5) is 0 Å². The number of piperazine rings is 1. The summed E-state index contributed by atoms with van der Waals surface area (Å²) < 4.78 is 4.94. The lowest BCUT2D eigenvalue weighted by atomic mass is 10.0. The molecule has 0 spiro atoms. The first-order valence-electron chi connectivity index (χ1n) is 8.17. The average molecular weight is 332 g/mol. The molecule has 1 saturated heterocycles. The van der Waals surface area contributed by atoms with Gasteiger partial charge in [0, 0.05) is 0 Å². The molecule has 130 valence electrons. The third-order valence-electron chi connectivity index (χ3n) is 4.37. The second-order valence-electron chi connectivity index (χ2n) is 6.06. The van der Waals surface area contributed by atoms with E-state index in [1.54, 1.807) is 18.7 Å². The van der Waals surface area contributed by atoms with Crippen molar-refractivity contribution >= 4 is 17.8 Å². The number of aryl methyl sites for hydroxylation is 1. The average Bonchev–Trinajstić information content (AvgIpc) is 2.56. The maximum absolute atomic E-state index is 12.5. The molecule has 1 heterocycles. The summed E-state index contributed by atoms with van der Waals surface area (Å²) >= 11 is 0. The summed E-state index contributed by atoms with van der Waals surface area (Å²) in [5.41, 5.74) is 2.12. The van der Waals surface area contributed by atoms with Crippen LogP contribution in [-0.4, -0.2) is 53.3 Å². The minimum absolute atomic E-state index is 0.0301. The van der Waals surface area contributed by atoms with Crippen molar-refractivity contribution < 1.29 is 19.1 Å². The summed E-state index contributed by atoms with van der Waals surface area (Å²) in [7, 11) is 0. The van der Waals surface area contributed by atoms with Crippen molar-refractivity contribution in [3.8, 4) is 0 Å². The molecular formula is C18H24N2O4. The number of hydrogen-bond acceptors (Lipinski definition) is 4. The summed E-state index contributed by atoms with van der Waals surface area (Å²) in [6, 6.07) is 6.95. The first kappa shape index (κ1) is 18.0. The van der Waals surface area contributed by atoms with Gasteiger partial charge in [0.05, 0.1) is 12.6 Å². The van der Waals surface area contributed by atoms with E-state index in [0.29, 0.717) is 0 Å². The molecule has 2 amide bonds. The van der Waals surface area contributed by atoms with Crippen molar-refractivity contribution in [3.05, 3.63) is 35.4 Å². The van der Waals surface area contributed by atoms with Gasteiger partial charge >= 0.3 is 5.97 Å². The van der Waals surface area contributed by atoms with Crippen LogP contribution >= 0.6 is 0 Å². The van der Waals surface area contributed by atoms with E-state index in [1.807, 2.05) is 38.1 Å². The van der Waals surface area contributed by atoms with Crippen LogP contribution in [0.1, 0.15) is 37.9 Å². The summed E-state index contributed by atoms with van der Waals surface area (Å²) in [6.07, 6.45) is 0. The highest BCUT2D eigenvalue weighted by Gasteiger charge is 2.37. The topological polar surface area (TPSA) is 66.9 Å². The van der Waals surface area contributed by atoms with Crippen molar-refractivity contribution in [2.45, 2.75) is 39.8 Å². The summed E-state index contributed by atoms with van der Waals surface area (Å²) in [5, 5.41) is 0. The summed E-state index contributed by atoms with van der Waals surface area (Å²) in [4.78, 5) is 39.6. The van der Waals surface area contributed by atoms with Crippen molar-refractivity contribution in [1.29, 1.82) is 0 Å². The van der Waals surface area contributed by atoms with Gasteiger partial charge in [-0.15, -0.1) is 0 Å². The molecule has 0 unspecified atom stereocenters. The molecule has 6 nitrogen and oxygen atoms in total. The number of nitrogens with zero attached hydrogens (tertiary/aromatic N) is 2. The predicted octanol–water partition coefficient (Wildman–Crippen LogP) is 1.68. The largest absolute Gasteiger partial charge is 0.464 e. The maximum Gasteiger partial charge on any atom is 0.328 e. The fourth-order valence-corrected chi connectivity index (χ4v) is 2.77. The van der Waals surface area contributed by atoms with E-state index >= 15 is 0 Å². The van der Waals surface area contributed by atoms with Crippen molar-refractivity contribution in [1.82, 2.24) is 9.80 Å². The Bertz CT molecular complexity index is 626. The zero-order valence-electron chi connectivity index (χ0n) is 14.6. The van der Waals surface area contributed by atoms with Crippen LogP contribution in [0, 0.1) is 6.92 Å². The van der Waals surface area contributed by atoms with Gasteiger partial charge in [0.2, 0.25) is 11.8 Å². The summed E-state index contributed by atoms with van der Waals surface area (Å²) in [5.74, 6) is -0.897. The molecule has 1 aromatic carbocycles. The van der Waals surface area contributed by atoms with E-state index in [9.17, 15) is 14.4 Å². The monoisotopic (exact) mass is 332 g/mol. The van der Waals surface area contributed by atoms with E-state index < -0.39 is 12.0 Å². The van der Waals surface area contributed by atoms with Crippen LogP contribution in [-0.2, 0) is 19.1 Å². The third kappa shape index (κ3) is 3.75. The Morgan fingerprint density at radius 3 is 2.21 bits per heavy atom. The van der Waals surface area contributed by atoms with Crippen molar-refractivity contribution in [2.75, 3.05) is 19.7 Å². The number of hydrogen-bond donors (Lipinski definition) is 0. The molecule has 2 atom stereocenters. The number of amides is 2. The van der Waals surface area contributed by atoms with Gasteiger partial charge < -0.3 is 14.5 Å². The van der Waals surface area contributed by atoms with Gasteiger partial charge in [0.25, 0.3) is 0 Å². The fourth-order valence-electron chi connectivity index (χ4n) is 2.77. The number of carbonyl (C=O) groups is 3. The molecule has 0 bridgehead atoms. The Hall–Kier alpha value is -2.37. The number of ether oxygens (including phenoxy) is 1. The zero-order chi connectivity index (χ0) is 17.9. The van der Waals surface area contributed by atoms with Gasteiger partial charge in [-0.3, -0.25) is 9.59 Å². The van der Waals surface area contributed by atoms with Crippen LogP contribution in [0.3, 0.4) is 0 Å². The third-order valence-corrected chi connectivity index (χ3v) is 4.37. The Morgan fingerprint density at radius 1 is 1.08 bits per heavy atom. The van der Waals surface area contributed by atoms with E-state index in [2.05, 4.69) is 0 Å². The van der Waals surface area contributed by atoms with Gasteiger partial charge in [0.1, 0.15) is 19.1 Å². The molecule has 1 aliphatic rings. The van der Waals surface area contributed by atoms with Gasteiger partial charge in [0.15, 0.2) is 0 Å². The minimum atomic E-state index is -0.752. The van der Waals surface area contributed by atoms with Gasteiger partial charge in [-0.05, 0) is 33.3 Å². The first-order valence-corrected chi connectivity index (χ1v) is 8.17. The van der Waals surface area contributed by atoms with E-state index in [-0.39, 0.29) is 37.6 Å². The normalized spacial score (nSPS) is 17.7. The van der Waals surface area contributed by atoms with Crippen molar-refractivity contribution in [2.24, 2.45) is 0 Å². The second kappa shape index (κ2) is 7.47. The second-order valence-corrected chi connectivity index (χ2v) is 6.06. The van der Waals surface area contributed by atoms with Gasteiger partial charge in [-0.2, -0.15) is 0 Å². The highest BCUT2D eigenvalue weighted by Crippen LogP contribution is 2.23. The molecule has 0 radical (unpaired) electrons. The zero-order valence-corrected chi connectivity index (χ0v) is 14.6. The molecule has 6 heteroatoms. The highest BCUT2D eigenvalue weighted by atomic mass is 16.5.